The molecule has 156 valence electrons. The first-order valence-corrected chi connectivity index (χ1v) is 11.5. The molecule has 1 saturated heterocycles. The van der Waals surface area contributed by atoms with E-state index in [1.807, 2.05) is 54.3 Å². The van der Waals surface area contributed by atoms with E-state index in [1.165, 1.54) is 5.56 Å². The molecule has 3 aromatic carbocycles. The molecule has 2 aliphatic rings. The number of thioether (sulfide) groups is 1. The van der Waals surface area contributed by atoms with Gasteiger partial charge in [0, 0.05) is 23.4 Å². The molecule has 0 aliphatic carbocycles. The van der Waals surface area contributed by atoms with Gasteiger partial charge in [0.05, 0.1) is 12.2 Å². The molecule has 1 atom stereocenters. The van der Waals surface area contributed by atoms with Crippen LogP contribution in [0.4, 0.5) is 5.69 Å². The summed E-state index contributed by atoms with van der Waals surface area (Å²) in [5.41, 5.74) is 5.79. The maximum absolute atomic E-state index is 14.0. The number of carbonyl (C=O) groups is 2. The third-order valence-electron chi connectivity index (χ3n) is 6.08. The van der Waals surface area contributed by atoms with Crippen molar-refractivity contribution in [1.29, 1.82) is 0 Å². The third kappa shape index (κ3) is 3.15. The number of amides is 2. The van der Waals surface area contributed by atoms with Crippen molar-refractivity contribution in [3.8, 4) is 0 Å². The topological polar surface area (TPSA) is 40.6 Å². The van der Waals surface area contributed by atoms with Crippen molar-refractivity contribution in [2.75, 3.05) is 17.2 Å². The second kappa shape index (κ2) is 7.57. The van der Waals surface area contributed by atoms with Crippen LogP contribution < -0.4 is 4.90 Å². The van der Waals surface area contributed by atoms with Crippen LogP contribution in [0.1, 0.15) is 32.6 Å². The summed E-state index contributed by atoms with van der Waals surface area (Å²) >= 11 is 1.57. The Morgan fingerprint density at radius 1 is 0.968 bits per heavy atom. The summed E-state index contributed by atoms with van der Waals surface area (Å²) in [6.45, 7) is 5.13. The number of benzene rings is 3. The predicted octanol–water partition coefficient (Wildman–Crippen LogP) is 4.89. The van der Waals surface area contributed by atoms with E-state index in [0.717, 1.165) is 28.1 Å². The van der Waals surface area contributed by atoms with Crippen molar-refractivity contribution in [3.05, 3.63) is 101 Å². The predicted molar refractivity (Wildman–Crippen MR) is 125 cm³/mol. The lowest BCUT2D eigenvalue weighted by atomic mass is 10.0. The molecule has 0 radical (unpaired) electrons. The van der Waals surface area contributed by atoms with Crippen LogP contribution in [0.25, 0.3) is 0 Å². The first-order valence-electron chi connectivity index (χ1n) is 10.5. The lowest BCUT2D eigenvalue weighted by Crippen LogP contribution is -2.50. The van der Waals surface area contributed by atoms with Gasteiger partial charge < -0.3 is 9.80 Å². The van der Waals surface area contributed by atoms with Crippen molar-refractivity contribution in [2.45, 2.75) is 25.3 Å². The Hall–Kier alpha value is -3.05. The van der Waals surface area contributed by atoms with Gasteiger partial charge in [0.25, 0.3) is 11.8 Å². The lowest BCUT2D eigenvalue weighted by Gasteiger charge is -2.33. The minimum Gasteiger partial charge on any atom is -0.311 e. The molecule has 31 heavy (non-hydrogen) atoms. The number of hydrogen-bond donors (Lipinski definition) is 0. The molecule has 1 spiro atoms. The Balaban J connectivity index is 1.60. The van der Waals surface area contributed by atoms with Gasteiger partial charge in [-0.05, 0) is 37.6 Å². The summed E-state index contributed by atoms with van der Waals surface area (Å²) in [6.07, 6.45) is 0. The summed E-state index contributed by atoms with van der Waals surface area (Å²) in [4.78, 5) is 30.1. The van der Waals surface area contributed by atoms with E-state index in [2.05, 4.69) is 37.3 Å². The van der Waals surface area contributed by atoms with Gasteiger partial charge in [-0.2, -0.15) is 0 Å². The van der Waals surface area contributed by atoms with Crippen LogP contribution in [0, 0.1) is 13.8 Å². The second-order valence-electron chi connectivity index (χ2n) is 8.21. The summed E-state index contributed by atoms with van der Waals surface area (Å²) in [5, 5.41) is 0. The third-order valence-corrected chi connectivity index (χ3v) is 7.50. The highest BCUT2D eigenvalue weighted by Gasteiger charge is 2.59. The smallest absolute Gasteiger partial charge is 0.268 e. The highest BCUT2D eigenvalue weighted by atomic mass is 32.2. The molecule has 2 aliphatic heterocycles. The zero-order valence-electron chi connectivity index (χ0n) is 17.7. The normalized spacial score (nSPS) is 19.9. The zero-order valence-corrected chi connectivity index (χ0v) is 18.5. The molecule has 0 aromatic heterocycles. The van der Waals surface area contributed by atoms with Crippen LogP contribution in [-0.4, -0.2) is 29.0 Å². The minimum absolute atomic E-state index is 0.0274. The summed E-state index contributed by atoms with van der Waals surface area (Å²) in [5.74, 6) is 0.611. The number of carbonyl (C=O) groups excluding carboxylic acids is 2. The van der Waals surface area contributed by atoms with Crippen LogP contribution >= 0.6 is 11.8 Å². The first kappa shape index (κ1) is 19.9. The quantitative estimate of drug-likeness (QED) is 0.596. The van der Waals surface area contributed by atoms with Crippen LogP contribution in [-0.2, 0) is 16.2 Å². The van der Waals surface area contributed by atoms with Gasteiger partial charge >= 0.3 is 0 Å². The summed E-state index contributed by atoms with van der Waals surface area (Å²) in [6, 6.07) is 23.7. The van der Waals surface area contributed by atoms with E-state index in [4.69, 9.17) is 0 Å². The van der Waals surface area contributed by atoms with Crippen molar-refractivity contribution < 1.29 is 9.59 Å². The number of aryl methyl sites for hydroxylation is 2. The Morgan fingerprint density at radius 2 is 1.68 bits per heavy atom. The van der Waals surface area contributed by atoms with Gasteiger partial charge in [-0.15, -0.1) is 11.8 Å². The van der Waals surface area contributed by atoms with Crippen LogP contribution in [0.3, 0.4) is 0 Å². The molecule has 0 saturated carbocycles. The summed E-state index contributed by atoms with van der Waals surface area (Å²) < 4.78 is 0. The van der Waals surface area contributed by atoms with Gasteiger partial charge in [-0.3, -0.25) is 9.59 Å². The molecule has 0 N–H and O–H groups in total. The lowest BCUT2D eigenvalue weighted by molar-refractivity contribution is -0.123. The molecule has 5 rings (SSSR count). The van der Waals surface area contributed by atoms with Crippen LogP contribution in [0.5, 0.6) is 0 Å². The molecule has 2 amide bonds. The Bertz CT molecular complexity index is 1160. The van der Waals surface area contributed by atoms with Gasteiger partial charge in [0.15, 0.2) is 4.87 Å². The SMILES string of the molecule is Cc1ccc(CN2C(=O)[C@]3(SCCN3C(=O)c3ccccc3)c3cc(C)ccc32)cc1. The van der Waals surface area contributed by atoms with Crippen LogP contribution in [0.15, 0.2) is 72.8 Å². The maximum atomic E-state index is 14.0. The van der Waals surface area contributed by atoms with E-state index in [1.54, 1.807) is 16.7 Å². The fraction of sp³-hybridized carbons (Fsp3) is 0.231. The monoisotopic (exact) mass is 428 g/mol. The molecule has 1 fully saturated rings. The highest BCUT2D eigenvalue weighted by Crippen LogP contribution is 2.55. The Morgan fingerprint density at radius 3 is 2.42 bits per heavy atom. The van der Waals surface area contributed by atoms with E-state index in [-0.39, 0.29) is 11.8 Å². The van der Waals surface area contributed by atoms with Crippen molar-refractivity contribution in [2.24, 2.45) is 0 Å². The van der Waals surface area contributed by atoms with E-state index < -0.39 is 4.87 Å². The van der Waals surface area contributed by atoms with E-state index in [9.17, 15) is 9.59 Å². The molecular formula is C26H24N2O2S. The number of fused-ring (bicyclic) bond motifs is 2. The van der Waals surface area contributed by atoms with Crippen molar-refractivity contribution >= 4 is 29.3 Å². The molecule has 2 heterocycles. The minimum atomic E-state index is -1.00. The fourth-order valence-electron chi connectivity index (χ4n) is 4.50. The first-order chi connectivity index (χ1) is 15.0. The molecule has 4 nitrogen and oxygen atoms in total. The van der Waals surface area contributed by atoms with E-state index >= 15 is 0 Å². The fourth-order valence-corrected chi connectivity index (χ4v) is 5.95. The standard InChI is InChI=1S/C26H24N2O2S/c1-18-8-11-20(12-9-18)17-27-23-13-10-19(2)16-22(23)26(25(27)30)28(14-15-31-26)24(29)21-6-4-3-5-7-21/h3-13,16H,14-15,17H2,1-2H3/t26-/m1/s1. The number of rotatable bonds is 3. The van der Waals surface area contributed by atoms with E-state index in [0.29, 0.717) is 18.7 Å². The van der Waals surface area contributed by atoms with Crippen molar-refractivity contribution in [1.82, 2.24) is 4.90 Å². The average Bonchev–Trinajstić information content (AvgIpc) is 3.32. The average molecular weight is 429 g/mol. The number of nitrogens with zero attached hydrogens (tertiary/aromatic N) is 2. The highest BCUT2D eigenvalue weighted by molar-refractivity contribution is 8.01. The Labute approximate surface area is 186 Å². The second-order valence-corrected chi connectivity index (χ2v) is 9.50. The van der Waals surface area contributed by atoms with Gasteiger partial charge in [0.1, 0.15) is 0 Å². The number of anilines is 1. The largest absolute Gasteiger partial charge is 0.311 e. The molecule has 5 heteroatoms. The molecule has 3 aromatic rings. The number of hydrogen-bond acceptors (Lipinski definition) is 3. The van der Waals surface area contributed by atoms with Crippen molar-refractivity contribution in [3.63, 3.8) is 0 Å². The Kier molecular flexibility index (Phi) is 4.86. The van der Waals surface area contributed by atoms with Gasteiger partial charge in [0.2, 0.25) is 0 Å². The van der Waals surface area contributed by atoms with Gasteiger partial charge in [-0.25, -0.2) is 0 Å². The van der Waals surface area contributed by atoms with Crippen LogP contribution in [0.2, 0.25) is 0 Å². The molecule has 0 unspecified atom stereocenters. The summed E-state index contributed by atoms with van der Waals surface area (Å²) in [7, 11) is 0. The van der Waals surface area contributed by atoms with Gasteiger partial charge in [-0.1, -0.05) is 65.7 Å². The maximum Gasteiger partial charge on any atom is 0.268 e. The zero-order chi connectivity index (χ0) is 21.6. The molecular weight excluding hydrogens is 404 g/mol. The molecule has 0 bridgehead atoms.